The zero-order valence-electron chi connectivity index (χ0n) is 13.3. The van der Waals surface area contributed by atoms with Crippen molar-refractivity contribution >= 4 is 11.8 Å². The maximum atomic E-state index is 11.8. The summed E-state index contributed by atoms with van der Waals surface area (Å²) in [6.45, 7) is 0.362. The second-order valence-corrected chi connectivity index (χ2v) is 5.11. The fourth-order valence-corrected chi connectivity index (χ4v) is 2.14. The Morgan fingerprint density at radius 3 is 2.67 bits per heavy atom. The fraction of sp³-hybridized carbons (Fsp3) is 0.294. The van der Waals surface area contributed by atoms with Crippen molar-refractivity contribution in [2.45, 2.75) is 19.1 Å². The minimum atomic E-state index is -0.749. The highest BCUT2D eigenvalue weighted by Crippen LogP contribution is 2.17. The minimum Gasteiger partial charge on any atom is -0.496 e. The Kier molecular flexibility index (Phi) is 6.39. The Bertz CT molecular complexity index is 669. The molecule has 7 nitrogen and oxygen atoms in total. The lowest BCUT2D eigenvalue weighted by Crippen LogP contribution is -2.40. The Morgan fingerprint density at radius 1 is 1.21 bits per heavy atom. The zero-order valence-corrected chi connectivity index (χ0v) is 13.3. The summed E-state index contributed by atoms with van der Waals surface area (Å²) in [6.07, 6.45) is 2.43. The fourth-order valence-electron chi connectivity index (χ4n) is 2.14. The lowest BCUT2D eigenvalue weighted by atomic mass is 10.1. The molecule has 3 N–H and O–H groups in total. The van der Waals surface area contributed by atoms with E-state index in [4.69, 9.17) is 9.15 Å². The molecule has 0 spiro atoms. The Morgan fingerprint density at radius 2 is 1.96 bits per heavy atom. The number of hydrogen-bond acceptors (Lipinski definition) is 5. The van der Waals surface area contributed by atoms with Crippen LogP contribution in [0.2, 0.25) is 0 Å². The summed E-state index contributed by atoms with van der Waals surface area (Å²) < 4.78 is 10.0. The summed E-state index contributed by atoms with van der Waals surface area (Å²) in [4.78, 5) is 23.5. The molecule has 2 rings (SSSR count). The molecule has 0 aliphatic heterocycles. The van der Waals surface area contributed by atoms with Crippen LogP contribution in [0.15, 0.2) is 47.3 Å². The van der Waals surface area contributed by atoms with E-state index in [2.05, 4.69) is 10.6 Å². The smallest absolute Gasteiger partial charge is 0.309 e. The van der Waals surface area contributed by atoms with Gasteiger partial charge in [-0.3, -0.25) is 9.59 Å². The first-order chi connectivity index (χ1) is 11.6. The van der Waals surface area contributed by atoms with Crippen molar-refractivity contribution in [3.05, 3.63) is 54.0 Å². The van der Waals surface area contributed by atoms with Gasteiger partial charge in [-0.15, -0.1) is 0 Å². The van der Waals surface area contributed by atoms with Crippen LogP contribution in [0.3, 0.4) is 0 Å². The van der Waals surface area contributed by atoms with Crippen molar-refractivity contribution < 1.29 is 23.8 Å². The lowest BCUT2D eigenvalue weighted by molar-refractivity contribution is -0.139. The van der Waals surface area contributed by atoms with E-state index in [1.54, 1.807) is 25.3 Å². The molecule has 0 radical (unpaired) electrons. The summed E-state index contributed by atoms with van der Waals surface area (Å²) in [7, 11) is 1.54. The van der Waals surface area contributed by atoms with Crippen molar-refractivity contribution in [3.63, 3.8) is 0 Å². The molecule has 0 bridgehead atoms. The van der Waals surface area contributed by atoms with Gasteiger partial charge in [-0.25, -0.2) is 0 Å². The third-order valence-electron chi connectivity index (χ3n) is 3.47. The van der Waals surface area contributed by atoms with Crippen molar-refractivity contribution in [1.82, 2.24) is 10.6 Å². The molecule has 2 aromatic rings. The third kappa shape index (κ3) is 4.85. The summed E-state index contributed by atoms with van der Waals surface area (Å²) in [5, 5.41) is 14.8. The largest absolute Gasteiger partial charge is 0.496 e. The van der Waals surface area contributed by atoms with E-state index in [9.17, 15) is 14.7 Å². The zero-order chi connectivity index (χ0) is 17.4. The van der Waals surface area contributed by atoms with E-state index in [1.165, 1.54) is 12.5 Å². The number of nitrogens with one attached hydrogen (secondary N) is 2. The molecule has 24 heavy (non-hydrogen) atoms. The van der Waals surface area contributed by atoms with Crippen LogP contribution in [0.1, 0.15) is 23.7 Å². The number of hydrogen-bond donors (Lipinski definition) is 3. The number of para-hydroxylation sites is 1. The second kappa shape index (κ2) is 8.73. The number of furan rings is 1. The first-order valence-corrected chi connectivity index (χ1v) is 7.50. The van der Waals surface area contributed by atoms with Gasteiger partial charge in [0.25, 0.3) is 0 Å². The SMILES string of the molecule is COc1ccccc1CNC(=O)C(=O)NCC[C@@H](O)c1ccoc1. The van der Waals surface area contributed by atoms with Gasteiger partial charge in [0.1, 0.15) is 5.75 Å². The molecule has 0 fully saturated rings. The normalized spacial score (nSPS) is 11.6. The number of carbonyl (C=O) groups excluding carboxylic acids is 2. The molecule has 0 saturated carbocycles. The van der Waals surface area contributed by atoms with Crippen LogP contribution >= 0.6 is 0 Å². The molecule has 1 aromatic carbocycles. The highest BCUT2D eigenvalue weighted by atomic mass is 16.5. The maximum Gasteiger partial charge on any atom is 0.309 e. The molecule has 1 aromatic heterocycles. The summed E-state index contributed by atoms with van der Waals surface area (Å²) in [5.41, 5.74) is 1.40. The average molecular weight is 332 g/mol. The Balaban J connectivity index is 1.73. The number of aliphatic hydroxyl groups is 1. The first kappa shape index (κ1) is 17.6. The topological polar surface area (TPSA) is 101 Å². The lowest BCUT2D eigenvalue weighted by Gasteiger charge is -2.11. The van der Waals surface area contributed by atoms with Crippen LogP contribution < -0.4 is 15.4 Å². The van der Waals surface area contributed by atoms with Gasteiger partial charge in [0.05, 0.1) is 25.7 Å². The predicted octanol–water partition coefficient (Wildman–Crippen LogP) is 1.14. The number of ether oxygens (including phenoxy) is 1. The number of amides is 2. The van der Waals surface area contributed by atoms with Gasteiger partial charge in [-0.1, -0.05) is 18.2 Å². The molecule has 0 aliphatic carbocycles. The third-order valence-corrected chi connectivity index (χ3v) is 3.47. The van der Waals surface area contributed by atoms with Gasteiger partial charge in [-0.05, 0) is 18.6 Å². The van der Waals surface area contributed by atoms with Crippen molar-refractivity contribution in [2.24, 2.45) is 0 Å². The van der Waals surface area contributed by atoms with E-state index < -0.39 is 17.9 Å². The van der Waals surface area contributed by atoms with Crippen LogP contribution in [-0.2, 0) is 16.1 Å². The molecule has 0 unspecified atom stereocenters. The highest BCUT2D eigenvalue weighted by molar-refractivity contribution is 6.35. The average Bonchev–Trinajstić information content (AvgIpc) is 3.14. The van der Waals surface area contributed by atoms with Crippen LogP contribution in [0.4, 0.5) is 0 Å². The van der Waals surface area contributed by atoms with E-state index in [-0.39, 0.29) is 19.5 Å². The van der Waals surface area contributed by atoms with Crippen LogP contribution in [0.25, 0.3) is 0 Å². The number of rotatable bonds is 7. The van der Waals surface area contributed by atoms with E-state index in [1.807, 2.05) is 12.1 Å². The Hall–Kier alpha value is -2.80. The molecular formula is C17H20N2O5. The van der Waals surface area contributed by atoms with Gasteiger partial charge < -0.3 is 24.9 Å². The molecule has 128 valence electrons. The second-order valence-electron chi connectivity index (χ2n) is 5.11. The molecule has 2 amide bonds. The van der Waals surface area contributed by atoms with E-state index in [0.29, 0.717) is 11.3 Å². The number of aliphatic hydroxyl groups excluding tert-OH is 1. The van der Waals surface area contributed by atoms with Crippen LogP contribution in [0.5, 0.6) is 5.75 Å². The molecule has 7 heteroatoms. The molecule has 1 atom stereocenters. The van der Waals surface area contributed by atoms with E-state index in [0.717, 1.165) is 5.56 Å². The minimum absolute atomic E-state index is 0.174. The molecule has 1 heterocycles. The molecular weight excluding hydrogens is 312 g/mol. The monoisotopic (exact) mass is 332 g/mol. The molecule has 0 aliphatic rings. The highest BCUT2D eigenvalue weighted by Gasteiger charge is 2.15. The van der Waals surface area contributed by atoms with Crippen molar-refractivity contribution in [1.29, 1.82) is 0 Å². The van der Waals surface area contributed by atoms with Gasteiger partial charge in [-0.2, -0.15) is 0 Å². The predicted molar refractivity (Wildman–Crippen MR) is 86.1 cm³/mol. The quantitative estimate of drug-likeness (QED) is 0.660. The van der Waals surface area contributed by atoms with Gasteiger partial charge in [0, 0.05) is 24.2 Å². The summed E-state index contributed by atoms with van der Waals surface area (Å²) in [6, 6.07) is 8.87. The van der Waals surface area contributed by atoms with E-state index >= 15 is 0 Å². The molecule has 0 saturated heterocycles. The first-order valence-electron chi connectivity index (χ1n) is 7.50. The van der Waals surface area contributed by atoms with Crippen LogP contribution in [0, 0.1) is 0 Å². The standard InChI is InChI=1S/C17H20N2O5/c1-23-15-5-3-2-4-12(15)10-19-17(22)16(21)18-8-6-14(20)13-7-9-24-11-13/h2-5,7,9,11,14,20H,6,8,10H2,1H3,(H,18,21)(H,19,22)/t14-/m1/s1. The number of carbonyl (C=O) groups is 2. The number of benzene rings is 1. The summed E-state index contributed by atoms with van der Waals surface area (Å²) in [5.74, 6) is -0.843. The van der Waals surface area contributed by atoms with Crippen molar-refractivity contribution in [2.75, 3.05) is 13.7 Å². The number of methoxy groups -OCH3 is 1. The van der Waals surface area contributed by atoms with Gasteiger partial charge in [0.15, 0.2) is 0 Å². The van der Waals surface area contributed by atoms with Gasteiger partial charge >= 0.3 is 11.8 Å². The van der Waals surface area contributed by atoms with Crippen LogP contribution in [-0.4, -0.2) is 30.6 Å². The summed E-state index contributed by atoms with van der Waals surface area (Å²) >= 11 is 0. The maximum absolute atomic E-state index is 11.8. The Labute approximate surface area is 139 Å². The van der Waals surface area contributed by atoms with Gasteiger partial charge in [0.2, 0.25) is 0 Å². The van der Waals surface area contributed by atoms with Crippen molar-refractivity contribution in [3.8, 4) is 5.75 Å².